The molecule has 0 heterocycles. The molecule has 5 rings (SSSR count). The number of fused-ring (bicyclic) bond motifs is 4. The van der Waals surface area contributed by atoms with Crippen LogP contribution in [-0.4, -0.2) is 30.6 Å². The number of anilines is 2. The van der Waals surface area contributed by atoms with E-state index < -0.39 is 39.9 Å². The fourth-order valence-electron chi connectivity index (χ4n) is 4.81. The van der Waals surface area contributed by atoms with Crippen molar-refractivity contribution in [2.24, 2.45) is 0 Å². The monoisotopic (exact) mass is 445 g/mol. The van der Waals surface area contributed by atoms with Crippen LogP contribution in [0.1, 0.15) is 30.5 Å². The van der Waals surface area contributed by atoms with Crippen molar-refractivity contribution in [1.29, 1.82) is 0 Å². The van der Waals surface area contributed by atoms with Gasteiger partial charge in [-0.25, -0.2) is 0 Å². The summed E-state index contributed by atoms with van der Waals surface area (Å²) in [4.78, 5) is 0. The second kappa shape index (κ2) is 6.62. The summed E-state index contributed by atoms with van der Waals surface area (Å²) in [6.45, 7) is 5.59. The van der Waals surface area contributed by atoms with Crippen LogP contribution in [-0.2, 0) is 5.41 Å². The van der Waals surface area contributed by atoms with Gasteiger partial charge in [0.15, 0.2) is 28.7 Å². The van der Waals surface area contributed by atoms with Gasteiger partial charge in [-0.1, -0.05) is 44.2 Å². The van der Waals surface area contributed by atoms with E-state index >= 15 is 0 Å². The van der Waals surface area contributed by atoms with Crippen LogP contribution in [0.25, 0.3) is 21.9 Å². The minimum absolute atomic E-state index is 0.0802. The molecule has 0 amide bonds. The molecule has 1 aliphatic carbocycles. The molecule has 0 aromatic heterocycles. The van der Waals surface area contributed by atoms with E-state index in [-0.39, 0.29) is 22.1 Å². The average molecular weight is 445 g/mol. The fraction of sp³-hybridized carbons (Fsp3) is 0.154. The average Bonchev–Trinajstić information content (AvgIpc) is 3.03. The highest BCUT2D eigenvalue weighted by atomic mass is 16.3. The summed E-state index contributed by atoms with van der Waals surface area (Å²) in [6, 6.07) is 13.8. The minimum Gasteiger partial charge on any atom is -0.507 e. The molecule has 0 fully saturated rings. The first-order chi connectivity index (χ1) is 15.6. The van der Waals surface area contributed by atoms with E-state index in [4.69, 9.17) is 0 Å². The lowest BCUT2D eigenvalue weighted by Crippen LogP contribution is -2.15. The Hall–Kier alpha value is -4.26. The third kappa shape index (κ3) is 2.62. The molecule has 0 spiro atoms. The normalized spacial score (nSPS) is 13.7. The van der Waals surface area contributed by atoms with Crippen molar-refractivity contribution in [3.8, 4) is 45.6 Å². The van der Waals surface area contributed by atoms with Crippen molar-refractivity contribution in [3.05, 3.63) is 59.2 Å². The first-order valence-electron chi connectivity index (χ1n) is 10.4. The molecule has 4 aromatic rings. The Balaban J connectivity index is 1.68. The predicted molar refractivity (Wildman–Crippen MR) is 126 cm³/mol. The Morgan fingerprint density at radius 1 is 0.636 bits per heavy atom. The molecule has 7 heteroatoms. The van der Waals surface area contributed by atoms with Crippen LogP contribution in [0.15, 0.2) is 42.5 Å². The molecular weight excluding hydrogens is 422 g/mol. The largest absolute Gasteiger partial charge is 0.507 e. The number of benzene rings is 4. The second-order valence-electron chi connectivity index (χ2n) is 8.90. The Bertz CT molecular complexity index is 1490. The highest BCUT2D eigenvalue weighted by molar-refractivity contribution is 6.09. The standard InChI is InChI=1S/C26H23NO6/c1-11-20(28)17-18(23(31)21(11)29)24(32)25(33)19(22(17)30)27-12-8-9-14-13-6-4-5-7-15(13)26(2,3)16(14)10-12/h4-10,27-33H,1-3H3. The highest BCUT2D eigenvalue weighted by Crippen LogP contribution is 2.57. The zero-order valence-corrected chi connectivity index (χ0v) is 18.2. The zero-order chi connectivity index (χ0) is 23.8. The third-order valence-electron chi connectivity index (χ3n) is 6.68. The van der Waals surface area contributed by atoms with Gasteiger partial charge in [0.2, 0.25) is 0 Å². The molecule has 168 valence electrons. The Morgan fingerprint density at radius 2 is 1.24 bits per heavy atom. The van der Waals surface area contributed by atoms with E-state index in [1.54, 1.807) is 6.07 Å². The summed E-state index contributed by atoms with van der Waals surface area (Å²) < 4.78 is 0. The van der Waals surface area contributed by atoms with Crippen molar-refractivity contribution in [2.75, 3.05) is 5.32 Å². The van der Waals surface area contributed by atoms with E-state index in [0.717, 1.165) is 16.7 Å². The van der Waals surface area contributed by atoms with Crippen molar-refractivity contribution in [3.63, 3.8) is 0 Å². The van der Waals surface area contributed by atoms with E-state index in [9.17, 15) is 30.6 Å². The number of rotatable bonds is 2. The highest BCUT2D eigenvalue weighted by Gasteiger charge is 2.35. The molecule has 0 saturated carbocycles. The maximum Gasteiger partial charge on any atom is 0.186 e. The lowest BCUT2D eigenvalue weighted by molar-refractivity contribution is 0.386. The molecule has 0 unspecified atom stereocenters. The summed E-state index contributed by atoms with van der Waals surface area (Å²) in [5.41, 5.74) is 4.44. The number of nitrogens with one attached hydrogen (secondary N) is 1. The molecule has 0 atom stereocenters. The number of aromatic hydroxyl groups is 6. The smallest absolute Gasteiger partial charge is 0.186 e. The Labute approximate surface area is 189 Å². The van der Waals surface area contributed by atoms with E-state index in [0.29, 0.717) is 5.69 Å². The first-order valence-corrected chi connectivity index (χ1v) is 10.4. The van der Waals surface area contributed by atoms with Crippen LogP contribution in [0.2, 0.25) is 0 Å². The van der Waals surface area contributed by atoms with Crippen LogP contribution >= 0.6 is 0 Å². The van der Waals surface area contributed by atoms with Crippen molar-refractivity contribution < 1.29 is 30.6 Å². The maximum absolute atomic E-state index is 10.9. The number of phenolic OH excluding ortho intramolecular Hbond substituents is 6. The number of phenols is 6. The summed E-state index contributed by atoms with van der Waals surface area (Å²) in [7, 11) is 0. The van der Waals surface area contributed by atoms with Gasteiger partial charge < -0.3 is 36.0 Å². The van der Waals surface area contributed by atoms with Crippen molar-refractivity contribution in [1.82, 2.24) is 0 Å². The van der Waals surface area contributed by atoms with E-state index in [2.05, 4.69) is 31.3 Å². The van der Waals surface area contributed by atoms with Gasteiger partial charge in [0.05, 0.1) is 10.8 Å². The molecular formula is C26H23NO6. The quantitative estimate of drug-likeness (QED) is 0.162. The first kappa shape index (κ1) is 20.6. The molecule has 33 heavy (non-hydrogen) atoms. The molecule has 0 aliphatic heterocycles. The fourth-order valence-corrected chi connectivity index (χ4v) is 4.81. The maximum atomic E-state index is 10.9. The lowest BCUT2D eigenvalue weighted by atomic mass is 9.82. The van der Waals surface area contributed by atoms with Crippen molar-refractivity contribution in [2.45, 2.75) is 26.2 Å². The van der Waals surface area contributed by atoms with Crippen molar-refractivity contribution >= 4 is 22.1 Å². The summed E-state index contributed by atoms with van der Waals surface area (Å²) in [6.07, 6.45) is 0. The van der Waals surface area contributed by atoms with Gasteiger partial charge in [0.1, 0.15) is 11.4 Å². The van der Waals surface area contributed by atoms with Gasteiger partial charge in [-0.15, -0.1) is 0 Å². The van der Waals surface area contributed by atoms with Crippen LogP contribution < -0.4 is 5.32 Å². The van der Waals surface area contributed by atoms with Crippen LogP contribution in [0, 0.1) is 6.92 Å². The predicted octanol–water partition coefficient (Wildman–Crippen LogP) is 5.43. The second-order valence-corrected chi connectivity index (χ2v) is 8.90. The van der Waals surface area contributed by atoms with Crippen LogP contribution in [0.4, 0.5) is 11.4 Å². The van der Waals surface area contributed by atoms with Gasteiger partial charge >= 0.3 is 0 Å². The SMILES string of the molecule is Cc1c(O)c(O)c2c(O)c(O)c(Nc3ccc4c(c3)C(C)(C)c3ccccc3-4)c(O)c2c1O. The third-order valence-corrected chi connectivity index (χ3v) is 6.68. The molecule has 1 aliphatic rings. The Morgan fingerprint density at radius 3 is 1.97 bits per heavy atom. The van der Waals surface area contributed by atoms with Crippen LogP contribution in [0.3, 0.4) is 0 Å². The van der Waals surface area contributed by atoms with E-state index in [1.165, 1.54) is 12.5 Å². The van der Waals surface area contributed by atoms with Gasteiger partial charge in [-0.2, -0.15) is 0 Å². The number of hydrogen-bond donors (Lipinski definition) is 7. The van der Waals surface area contributed by atoms with E-state index in [1.807, 2.05) is 24.3 Å². The molecule has 7 nitrogen and oxygen atoms in total. The number of hydrogen-bond acceptors (Lipinski definition) is 7. The topological polar surface area (TPSA) is 133 Å². The molecule has 0 bridgehead atoms. The van der Waals surface area contributed by atoms with Gasteiger partial charge in [-0.05, 0) is 41.3 Å². The Kier molecular flexibility index (Phi) is 4.14. The summed E-state index contributed by atoms with van der Waals surface area (Å²) in [5, 5.41) is 65.0. The molecule has 0 radical (unpaired) electrons. The minimum atomic E-state index is -0.790. The van der Waals surface area contributed by atoms with Gasteiger partial charge in [-0.3, -0.25) is 0 Å². The zero-order valence-electron chi connectivity index (χ0n) is 18.2. The van der Waals surface area contributed by atoms with Crippen LogP contribution in [0.5, 0.6) is 34.5 Å². The van der Waals surface area contributed by atoms with Gasteiger partial charge in [0.25, 0.3) is 0 Å². The van der Waals surface area contributed by atoms with Gasteiger partial charge in [0, 0.05) is 16.7 Å². The molecule has 4 aromatic carbocycles. The molecule has 0 saturated heterocycles. The molecule has 7 N–H and O–H groups in total. The summed E-state index contributed by atoms with van der Waals surface area (Å²) >= 11 is 0. The summed E-state index contributed by atoms with van der Waals surface area (Å²) in [5.74, 6) is -4.05. The lowest BCUT2D eigenvalue weighted by Gasteiger charge is -2.22.